The van der Waals surface area contributed by atoms with E-state index in [1.807, 2.05) is 6.92 Å². The van der Waals surface area contributed by atoms with Gasteiger partial charge in [-0.25, -0.2) is 4.39 Å². The van der Waals surface area contributed by atoms with Gasteiger partial charge in [0.2, 0.25) is 0 Å². The molecular weight excluding hydrogens is 259 g/mol. The third-order valence-corrected chi connectivity index (χ3v) is 3.89. The van der Waals surface area contributed by atoms with Gasteiger partial charge in [0.05, 0.1) is 11.4 Å². The highest BCUT2D eigenvalue weighted by Crippen LogP contribution is 2.30. The lowest BCUT2D eigenvalue weighted by molar-refractivity contribution is -0.137. The molecule has 0 amide bonds. The minimum absolute atomic E-state index is 0.207. The number of hydrogen-bond acceptors (Lipinski definition) is 4. The van der Waals surface area contributed by atoms with Crippen LogP contribution in [0.5, 0.6) is 0 Å². The van der Waals surface area contributed by atoms with Crippen LogP contribution < -0.4 is 11.1 Å². The molecule has 0 spiro atoms. The normalized spacial score (nSPS) is 24.4. The van der Waals surface area contributed by atoms with E-state index in [4.69, 9.17) is 10.5 Å². The first-order valence-corrected chi connectivity index (χ1v) is 7.21. The minimum atomic E-state index is -0.656. The largest absolute Gasteiger partial charge is 0.397 e. The lowest BCUT2D eigenvalue weighted by Crippen LogP contribution is -2.32. The topological polar surface area (TPSA) is 67.5 Å². The van der Waals surface area contributed by atoms with Crippen LogP contribution in [-0.4, -0.2) is 24.0 Å². The molecule has 1 unspecified atom stereocenters. The van der Waals surface area contributed by atoms with E-state index in [9.17, 15) is 9.50 Å². The van der Waals surface area contributed by atoms with Crippen LogP contribution in [0, 0.1) is 11.7 Å². The number of anilines is 2. The quantitative estimate of drug-likeness (QED) is 0.574. The molecular formula is C15H23FN2O2. The van der Waals surface area contributed by atoms with E-state index in [1.165, 1.54) is 12.1 Å². The van der Waals surface area contributed by atoms with Crippen molar-refractivity contribution in [3.05, 3.63) is 24.0 Å². The number of benzene rings is 1. The van der Waals surface area contributed by atoms with Crippen LogP contribution in [0.15, 0.2) is 18.2 Å². The lowest BCUT2D eigenvalue weighted by atomic mass is 9.85. The van der Waals surface area contributed by atoms with Gasteiger partial charge in [-0.3, -0.25) is 0 Å². The van der Waals surface area contributed by atoms with Crippen molar-refractivity contribution in [3.63, 3.8) is 0 Å². The van der Waals surface area contributed by atoms with Crippen molar-refractivity contribution < 1.29 is 14.2 Å². The fraction of sp³-hybridized carbons (Fsp3) is 0.600. The Morgan fingerprint density at radius 2 is 2.10 bits per heavy atom. The van der Waals surface area contributed by atoms with Gasteiger partial charge in [0.25, 0.3) is 0 Å². The first-order chi connectivity index (χ1) is 9.60. The Labute approximate surface area is 119 Å². The molecule has 1 aliphatic rings. The second-order valence-electron chi connectivity index (χ2n) is 5.33. The second kappa shape index (κ2) is 6.90. The molecule has 4 nitrogen and oxygen atoms in total. The number of nitrogens with one attached hydrogen (secondary N) is 1. The van der Waals surface area contributed by atoms with E-state index < -0.39 is 6.29 Å². The maximum Gasteiger partial charge on any atom is 0.157 e. The first kappa shape index (κ1) is 15.1. The summed E-state index contributed by atoms with van der Waals surface area (Å²) in [5.74, 6) is -0.116. The molecule has 0 heterocycles. The molecule has 2 rings (SSSR count). The molecule has 0 aliphatic heterocycles. The van der Waals surface area contributed by atoms with Crippen molar-refractivity contribution in [2.75, 3.05) is 17.7 Å². The van der Waals surface area contributed by atoms with Crippen LogP contribution in [0.2, 0.25) is 0 Å². The van der Waals surface area contributed by atoms with E-state index in [0.717, 1.165) is 31.4 Å². The van der Waals surface area contributed by atoms with Crippen molar-refractivity contribution in [1.82, 2.24) is 0 Å². The zero-order valence-corrected chi connectivity index (χ0v) is 11.8. The number of ether oxygens (including phenoxy) is 1. The van der Waals surface area contributed by atoms with E-state index >= 15 is 0 Å². The van der Waals surface area contributed by atoms with Crippen LogP contribution in [0.4, 0.5) is 15.8 Å². The Bertz CT molecular complexity index is 434. The maximum atomic E-state index is 13.0. The molecule has 4 N–H and O–H groups in total. The van der Waals surface area contributed by atoms with Crippen molar-refractivity contribution in [3.8, 4) is 0 Å². The van der Waals surface area contributed by atoms with Gasteiger partial charge in [0.1, 0.15) is 5.82 Å². The van der Waals surface area contributed by atoms with Gasteiger partial charge in [-0.1, -0.05) is 0 Å². The summed E-state index contributed by atoms with van der Waals surface area (Å²) in [6.45, 7) is 2.42. The van der Waals surface area contributed by atoms with Crippen molar-refractivity contribution in [2.24, 2.45) is 5.92 Å². The molecule has 0 saturated heterocycles. The van der Waals surface area contributed by atoms with Gasteiger partial charge < -0.3 is 20.9 Å². The lowest BCUT2D eigenvalue weighted by Gasteiger charge is -2.32. The Balaban J connectivity index is 1.85. The predicted molar refractivity (Wildman–Crippen MR) is 77.8 cm³/mol. The van der Waals surface area contributed by atoms with E-state index in [0.29, 0.717) is 18.3 Å². The zero-order valence-electron chi connectivity index (χ0n) is 11.8. The van der Waals surface area contributed by atoms with Gasteiger partial charge in [0, 0.05) is 18.6 Å². The summed E-state index contributed by atoms with van der Waals surface area (Å²) in [4.78, 5) is 0. The summed E-state index contributed by atoms with van der Waals surface area (Å²) >= 11 is 0. The molecule has 1 aromatic rings. The molecule has 0 bridgehead atoms. The van der Waals surface area contributed by atoms with Crippen LogP contribution in [-0.2, 0) is 4.74 Å². The van der Waals surface area contributed by atoms with Crippen LogP contribution >= 0.6 is 0 Å². The highest BCUT2D eigenvalue weighted by atomic mass is 19.1. The smallest absolute Gasteiger partial charge is 0.157 e. The van der Waals surface area contributed by atoms with Gasteiger partial charge >= 0.3 is 0 Å². The van der Waals surface area contributed by atoms with E-state index in [1.54, 1.807) is 6.07 Å². The van der Waals surface area contributed by atoms with E-state index in [2.05, 4.69) is 5.32 Å². The van der Waals surface area contributed by atoms with Crippen molar-refractivity contribution >= 4 is 11.4 Å². The molecule has 1 atom stereocenters. The third-order valence-electron chi connectivity index (χ3n) is 3.89. The second-order valence-corrected chi connectivity index (χ2v) is 5.33. The number of aliphatic hydroxyl groups excluding tert-OH is 1. The molecule has 1 aliphatic carbocycles. The number of aliphatic hydroxyl groups is 1. The van der Waals surface area contributed by atoms with Gasteiger partial charge in [-0.15, -0.1) is 0 Å². The Morgan fingerprint density at radius 3 is 2.70 bits per heavy atom. The molecule has 112 valence electrons. The molecule has 0 aromatic heterocycles. The summed E-state index contributed by atoms with van der Waals surface area (Å²) < 4.78 is 18.2. The number of nitrogens with two attached hydrogens (primary N) is 1. The summed E-state index contributed by atoms with van der Waals surface area (Å²) in [6, 6.07) is 4.72. The van der Waals surface area contributed by atoms with Crippen LogP contribution in [0.25, 0.3) is 0 Å². The average Bonchev–Trinajstić information content (AvgIpc) is 2.43. The predicted octanol–water partition coefficient (Wildman–Crippen LogP) is 2.73. The van der Waals surface area contributed by atoms with Crippen LogP contribution in [0.3, 0.4) is 0 Å². The molecule has 1 saturated carbocycles. The number of rotatable bonds is 5. The standard InChI is InChI=1S/C15H23FN2O2/c1-2-20-15(19)10-3-6-12(7-4-10)18-14-8-5-11(16)9-13(14)17/h5,8-10,12,15,18-19H,2-4,6-7,17H2,1H3. The molecule has 1 fully saturated rings. The summed E-state index contributed by atoms with van der Waals surface area (Å²) in [7, 11) is 0. The molecule has 5 heteroatoms. The van der Waals surface area contributed by atoms with Gasteiger partial charge in [-0.2, -0.15) is 0 Å². The Morgan fingerprint density at radius 1 is 1.40 bits per heavy atom. The van der Waals surface area contributed by atoms with Crippen molar-refractivity contribution in [2.45, 2.75) is 44.9 Å². The SMILES string of the molecule is CCOC(O)C1CCC(Nc2ccc(F)cc2N)CC1. The summed E-state index contributed by atoms with van der Waals surface area (Å²) in [6.07, 6.45) is 3.08. The minimum Gasteiger partial charge on any atom is -0.397 e. The Kier molecular flexibility index (Phi) is 5.20. The highest BCUT2D eigenvalue weighted by Gasteiger charge is 2.26. The summed E-state index contributed by atoms with van der Waals surface area (Å²) in [5.41, 5.74) is 7.00. The van der Waals surface area contributed by atoms with Gasteiger partial charge in [-0.05, 0) is 50.8 Å². The fourth-order valence-electron chi connectivity index (χ4n) is 2.74. The zero-order chi connectivity index (χ0) is 14.5. The highest BCUT2D eigenvalue weighted by molar-refractivity contribution is 5.66. The fourth-order valence-corrected chi connectivity index (χ4v) is 2.74. The monoisotopic (exact) mass is 282 g/mol. The molecule has 20 heavy (non-hydrogen) atoms. The van der Waals surface area contributed by atoms with Gasteiger partial charge in [0.15, 0.2) is 6.29 Å². The number of halogens is 1. The Hall–Kier alpha value is -1.33. The average molecular weight is 282 g/mol. The molecule has 1 aromatic carbocycles. The van der Waals surface area contributed by atoms with E-state index in [-0.39, 0.29) is 11.7 Å². The number of nitrogen functional groups attached to an aromatic ring is 1. The number of hydrogen-bond donors (Lipinski definition) is 3. The van der Waals surface area contributed by atoms with Crippen molar-refractivity contribution in [1.29, 1.82) is 0 Å². The summed E-state index contributed by atoms with van der Waals surface area (Å²) in [5, 5.41) is 13.2. The third kappa shape index (κ3) is 3.84. The van der Waals surface area contributed by atoms with Crippen LogP contribution in [0.1, 0.15) is 32.6 Å². The maximum absolute atomic E-state index is 13.0. The first-order valence-electron chi connectivity index (χ1n) is 7.21. The molecule has 0 radical (unpaired) electrons.